The molecule has 0 atom stereocenters. The Morgan fingerprint density at radius 2 is 1.94 bits per heavy atom. The lowest BCUT2D eigenvalue weighted by Crippen LogP contribution is -2.12. The van der Waals surface area contributed by atoms with Crippen LogP contribution in [-0.2, 0) is 0 Å². The van der Waals surface area contributed by atoms with Crippen LogP contribution in [0.1, 0.15) is 20.7 Å². The third-order valence-corrected chi connectivity index (χ3v) is 2.27. The van der Waals surface area contributed by atoms with Gasteiger partial charge in [-0.3, -0.25) is 14.6 Å². The zero-order valence-corrected chi connectivity index (χ0v) is 9.26. The first-order valence-corrected chi connectivity index (χ1v) is 5.16. The lowest BCUT2D eigenvalue weighted by Gasteiger charge is -2.04. The molecule has 90 valence electrons. The van der Waals surface area contributed by atoms with Gasteiger partial charge in [-0.1, -0.05) is 0 Å². The van der Waals surface area contributed by atoms with Crippen LogP contribution in [0.25, 0.3) is 0 Å². The fourth-order valence-electron chi connectivity index (χ4n) is 1.38. The van der Waals surface area contributed by atoms with Crippen LogP contribution < -0.4 is 5.32 Å². The van der Waals surface area contributed by atoms with Crippen LogP contribution in [0, 0.1) is 5.82 Å². The predicted molar refractivity (Wildman–Crippen MR) is 64.0 cm³/mol. The van der Waals surface area contributed by atoms with E-state index in [1.165, 1.54) is 6.20 Å². The first kappa shape index (κ1) is 11.9. The van der Waals surface area contributed by atoms with Crippen molar-refractivity contribution in [1.82, 2.24) is 4.98 Å². The summed E-state index contributed by atoms with van der Waals surface area (Å²) < 4.78 is 12.9. The van der Waals surface area contributed by atoms with Gasteiger partial charge in [0.05, 0.1) is 11.8 Å². The minimum atomic E-state index is -0.570. The smallest absolute Gasteiger partial charge is 0.257 e. The summed E-state index contributed by atoms with van der Waals surface area (Å²) in [5.74, 6) is -1.03. The van der Waals surface area contributed by atoms with E-state index in [1.54, 1.807) is 24.3 Å². The van der Waals surface area contributed by atoms with Crippen LogP contribution in [0.5, 0.6) is 0 Å². The Morgan fingerprint density at radius 1 is 1.22 bits per heavy atom. The minimum Gasteiger partial charge on any atom is -0.322 e. The number of halogens is 1. The Kier molecular flexibility index (Phi) is 3.43. The second-order valence-corrected chi connectivity index (χ2v) is 3.59. The van der Waals surface area contributed by atoms with E-state index in [2.05, 4.69) is 10.3 Å². The lowest BCUT2D eigenvalue weighted by atomic mass is 10.2. The second-order valence-electron chi connectivity index (χ2n) is 3.59. The quantitative estimate of drug-likeness (QED) is 0.842. The molecule has 0 fully saturated rings. The molecule has 1 heterocycles. The molecule has 2 aromatic rings. The highest BCUT2D eigenvalue weighted by molar-refractivity contribution is 6.04. The Labute approximate surface area is 102 Å². The molecule has 1 aromatic heterocycles. The maximum absolute atomic E-state index is 12.9. The molecular formula is C13H9FN2O2. The average molecular weight is 244 g/mol. The molecule has 0 aliphatic heterocycles. The van der Waals surface area contributed by atoms with Gasteiger partial charge in [-0.05, 0) is 30.3 Å². The number of aldehydes is 1. The lowest BCUT2D eigenvalue weighted by molar-refractivity contribution is 0.102. The number of amides is 1. The molecule has 0 bridgehead atoms. The number of benzene rings is 1. The van der Waals surface area contributed by atoms with Crippen molar-refractivity contribution in [3.05, 3.63) is 59.7 Å². The molecular weight excluding hydrogens is 235 g/mol. The number of aromatic nitrogens is 1. The van der Waals surface area contributed by atoms with Crippen LogP contribution in [0.15, 0.2) is 42.7 Å². The van der Waals surface area contributed by atoms with Crippen molar-refractivity contribution in [2.75, 3.05) is 5.32 Å². The number of carbonyl (C=O) groups excluding carboxylic acids is 2. The standard InChI is InChI=1S/C13H9FN2O2/c14-11-5-10(6-15-7-11)13(18)16-12-3-1-9(8-17)2-4-12/h1-8H,(H,16,18). The van der Waals surface area contributed by atoms with Gasteiger partial charge >= 0.3 is 0 Å². The highest BCUT2D eigenvalue weighted by Gasteiger charge is 2.07. The maximum atomic E-state index is 12.9. The van der Waals surface area contributed by atoms with Gasteiger partial charge in [0.2, 0.25) is 0 Å². The van der Waals surface area contributed by atoms with Crippen molar-refractivity contribution < 1.29 is 14.0 Å². The highest BCUT2D eigenvalue weighted by atomic mass is 19.1. The fraction of sp³-hybridized carbons (Fsp3) is 0. The van der Waals surface area contributed by atoms with E-state index in [0.717, 1.165) is 12.3 Å². The summed E-state index contributed by atoms with van der Waals surface area (Å²) in [6, 6.07) is 7.43. The number of hydrogen-bond donors (Lipinski definition) is 1. The normalized spacial score (nSPS) is 9.83. The fourth-order valence-corrected chi connectivity index (χ4v) is 1.38. The van der Waals surface area contributed by atoms with Gasteiger partial charge in [-0.2, -0.15) is 0 Å². The van der Waals surface area contributed by atoms with Crippen molar-refractivity contribution >= 4 is 17.9 Å². The van der Waals surface area contributed by atoms with Gasteiger partial charge in [0.1, 0.15) is 12.1 Å². The van der Waals surface area contributed by atoms with E-state index in [0.29, 0.717) is 17.5 Å². The summed E-state index contributed by atoms with van der Waals surface area (Å²) in [6.07, 6.45) is 3.01. The molecule has 1 N–H and O–H groups in total. The molecule has 0 saturated carbocycles. The molecule has 18 heavy (non-hydrogen) atoms. The second kappa shape index (κ2) is 5.18. The molecule has 0 radical (unpaired) electrons. The Morgan fingerprint density at radius 3 is 2.56 bits per heavy atom. The summed E-state index contributed by atoms with van der Waals surface area (Å²) in [6.45, 7) is 0. The first-order valence-electron chi connectivity index (χ1n) is 5.16. The Bertz CT molecular complexity index is 582. The van der Waals surface area contributed by atoms with Crippen molar-refractivity contribution in [3.63, 3.8) is 0 Å². The van der Waals surface area contributed by atoms with Gasteiger partial charge in [0, 0.05) is 17.4 Å². The van der Waals surface area contributed by atoms with Crippen LogP contribution in [0.3, 0.4) is 0 Å². The molecule has 0 unspecified atom stereocenters. The minimum absolute atomic E-state index is 0.134. The number of nitrogens with zero attached hydrogens (tertiary/aromatic N) is 1. The molecule has 5 heteroatoms. The summed E-state index contributed by atoms with van der Waals surface area (Å²) in [4.78, 5) is 25.8. The van der Waals surface area contributed by atoms with Crippen LogP contribution in [0.4, 0.5) is 10.1 Å². The molecule has 1 amide bonds. The van der Waals surface area contributed by atoms with Crippen molar-refractivity contribution in [2.24, 2.45) is 0 Å². The number of pyridine rings is 1. The van der Waals surface area contributed by atoms with Gasteiger partial charge in [0.25, 0.3) is 5.91 Å². The van der Waals surface area contributed by atoms with Gasteiger partial charge < -0.3 is 5.32 Å². The summed E-state index contributed by atoms with van der Waals surface area (Å²) >= 11 is 0. The third kappa shape index (κ3) is 2.76. The predicted octanol–water partition coefficient (Wildman–Crippen LogP) is 2.29. The van der Waals surface area contributed by atoms with Gasteiger partial charge in [-0.15, -0.1) is 0 Å². The third-order valence-electron chi connectivity index (χ3n) is 2.27. The SMILES string of the molecule is O=Cc1ccc(NC(=O)c2cncc(F)c2)cc1. The van der Waals surface area contributed by atoms with E-state index < -0.39 is 11.7 Å². The zero-order chi connectivity index (χ0) is 13.0. The number of anilines is 1. The topological polar surface area (TPSA) is 59.1 Å². The largest absolute Gasteiger partial charge is 0.322 e. The molecule has 0 saturated heterocycles. The van der Waals surface area contributed by atoms with Crippen molar-refractivity contribution in [1.29, 1.82) is 0 Å². The zero-order valence-electron chi connectivity index (χ0n) is 9.26. The van der Waals surface area contributed by atoms with Crippen LogP contribution >= 0.6 is 0 Å². The summed E-state index contributed by atoms with van der Waals surface area (Å²) in [7, 11) is 0. The molecule has 1 aromatic carbocycles. The van der Waals surface area contributed by atoms with E-state index >= 15 is 0 Å². The summed E-state index contributed by atoms with van der Waals surface area (Å²) in [5, 5.41) is 2.58. The van der Waals surface area contributed by atoms with E-state index in [1.807, 2.05) is 0 Å². The molecule has 0 spiro atoms. The first-order chi connectivity index (χ1) is 8.69. The van der Waals surface area contributed by atoms with Crippen molar-refractivity contribution in [2.45, 2.75) is 0 Å². The number of nitrogens with one attached hydrogen (secondary N) is 1. The molecule has 4 nitrogen and oxygen atoms in total. The number of rotatable bonds is 3. The van der Waals surface area contributed by atoms with E-state index in [9.17, 15) is 14.0 Å². The van der Waals surface area contributed by atoms with E-state index in [-0.39, 0.29) is 5.56 Å². The Balaban J connectivity index is 2.13. The van der Waals surface area contributed by atoms with E-state index in [4.69, 9.17) is 0 Å². The highest BCUT2D eigenvalue weighted by Crippen LogP contribution is 2.10. The summed E-state index contributed by atoms with van der Waals surface area (Å²) in [5.41, 5.74) is 1.17. The van der Waals surface area contributed by atoms with Crippen LogP contribution in [-0.4, -0.2) is 17.2 Å². The van der Waals surface area contributed by atoms with Crippen molar-refractivity contribution in [3.8, 4) is 0 Å². The molecule has 2 rings (SSSR count). The average Bonchev–Trinajstić information content (AvgIpc) is 2.39. The van der Waals surface area contributed by atoms with Gasteiger partial charge in [0.15, 0.2) is 0 Å². The number of hydrogen-bond acceptors (Lipinski definition) is 3. The molecule has 0 aliphatic carbocycles. The molecule has 0 aliphatic rings. The van der Waals surface area contributed by atoms with Gasteiger partial charge in [-0.25, -0.2) is 4.39 Å². The van der Waals surface area contributed by atoms with Crippen LogP contribution in [0.2, 0.25) is 0 Å². The Hall–Kier alpha value is -2.56. The monoisotopic (exact) mass is 244 g/mol. The maximum Gasteiger partial charge on any atom is 0.257 e. The number of carbonyl (C=O) groups is 2.